The number of aryl methyl sites for hydroxylation is 1. The lowest BCUT2D eigenvalue weighted by Crippen LogP contribution is -2.18. The van der Waals surface area contributed by atoms with Crippen LogP contribution in [0.2, 0.25) is 0 Å². The fourth-order valence-electron chi connectivity index (χ4n) is 4.61. The van der Waals surface area contributed by atoms with Crippen LogP contribution in [-0.2, 0) is 30.6 Å². The SMILES string of the molecule is CCC=CCC=CCC=CCC=CCCCCC(=O)Cn1c(O)c(Cc2ccc(OCCc3ccc(CC)cn3)cc2)sc1=O. The van der Waals surface area contributed by atoms with Gasteiger partial charge in [0, 0.05) is 31.2 Å². The van der Waals surface area contributed by atoms with Crippen LogP contribution < -0.4 is 9.61 Å². The molecule has 1 aromatic carbocycles. The summed E-state index contributed by atoms with van der Waals surface area (Å²) in [6.45, 7) is 4.69. The van der Waals surface area contributed by atoms with Crippen molar-refractivity contribution in [1.82, 2.24) is 9.55 Å². The summed E-state index contributed by atoms with van der Waals surface area (Å²) >= 11 is 0.991. The number of pyridine rings is 1. The van der Waals surface area contributed by atoms with E-state index >= 15 is 0 Å². The van der Waals surface area contributed by atoms with Crippen molar-refractivity contribution < 1.29 is 14.6 Å². The molecule has 1 N–H and O–H groups in total. The first-order valence-electron chi connectivity index (χ1n) is 16.2. The standard InChI is InChI=1S/C38H48N2O4S/c1-3-5-6-7-8-9-10-11-12-13-14-15-16-17-18-19-34(41)30-40-37(42)36(45-38(40)43)28-32-21-24-35(25-22-32)44-27-26-33-23-20-31(4-2)29-39-33/h5-6,8-9,11-12,14-15,20-25,29,42H,3-4,7,10,13,16-19,26-28,30H2,1-2H3. The minimum Gasteiger partial charge on any atom is -0.494 e. The van der Waals surface area contributed by atoms with E-state index < -0.39 is 0 Å². The van der Waals surface area contributed by atoms with Gasteiger partial charge in [0.2, 0.25) is 5.88 Å². The Hall–Kier alpha value is -3.97. The van der Waals surface area contributed by atoms with Crippen molar-refractivity contribution in [2.75, 3.05) is 6.61 Å². The molecule has 2 heterocycles. The number of aromatic hydroxyl groups is 1. The molecular formula is C38H48N2O4S. The van der Waals surface area contributed by atoms with E-state index in [0.29, 0.717) is 24.3 Å². The van der Waals surface area contributed by atoms with Gasteiger partial charge in [0.05, 0.1) is 18.0 Å². The number of aromatic nitrogens is 2. The number of unbranched alkanes of at least 4 members (excludes halogenated alkanes) is 2. The maximum Gasteiger partial charge on any atom is 0.310 e. The first kappa shape index (κ1) is 35.5. The molecule has 2 aromatic heterocycles. The number of carbonyl (C=O) groups excluding carboxylic acids is 1. The van der Waals surface area contributed by atoms with Gasteiger partial charge in [-0.3, -0.25) is 19.1 Å². The van der Waals surface area contributed by atoms with E-state index in [0.717, 1.165) is 86.1 Å². The van der Waals surface area contributed by atoms with Gasteiger partial charge in [-0.2, -0.15) is 0 Å². The van der Waals surface area contributed by atoms with Gasteiger partial charge in [0.25, 0.3) is 0 Å². The van der Waals surface area contributed by atoms with Gasteiger partial charge in [-0.15, -0.1) is 0 Å². The number of Topliss-reactive ketones (excluding diaryl/α,β-unsaturated/α-hetero) is 1. The fourth-order valence-corrected chi connectivity index (χ4v) is 5.52. The van der Waals surface area contributed by atoms with Crippen LogP contribution in [0.5, 0.6) is 11.6 Å². The third-order valence-electron chi connectivity index (χ3n) is 7.27. The van der Waals surface area contributed by atoms with E-state index in [2.05, 4.69) is 73.5 Å². The van der Waals surface area contributed by atoms with Crippen LogP contribution >= 0.6 is 11.3 Å². The highest BCUT2D eigenvalue weighted by molar-refractivity contribution is 7.09. The monoisotopic (exact) mass is 628 g/mol. The van der Waals surface area contributed by atoms with Gasteiger partial charge < -0.3 is 9.84 Å². The average Bonchev–Trinajstić information content (AvgIpc) is 3.31. The van der Waals surface area contributed by atoms with Gasteiger partial charge in [0.1, 0.15) is 5.75 Å². The van der Waals surface area contributed by atoms with Gasteiger partial charge in [-0.25, -0.2) is 0 Å². The number of ketones is 1. The Bertz CT molecular complexity index is 1460. The van der Waals surface area contributed by atoms with Crippen LogP contribution in [-0.4, -0.2) is 27.0 Å². The molecule has 6 nitrogen and oxygen atoms in total. The molecule has 7 heteroatoms. The molecule has 0 radical (unpaired) electrons. The van der Waals surface area contributed by atoms with E-state index in [-0.39, 0.29) is 23.1 Å². The molecular weight excluding hydrogens is 580 g/mol. The van der Waals surface area contributed by atoms with Gasteiger partial charge >= 0.3 is 4.87 Å². The molecule has 0 saturated carbocycles. The van der Waals surface area contributed by atoms with E-state index in [1.807, 2.05) is 36.5 Å². The minimum absolute atomic E-state index is 0.0417. The van der Waals surface area contributed by atoms with Crippen LogP contribution in [0.15, 0.2) is 96.0 Å². The summed E-state index contributed by atoms with van der Waals surface area (Å²) in [5.74, 6) is 0.603. The first-order valence-corrected chi connectivity index (χ1v) is 17.0. The Morgan fingerprint density at radius 1 is 0.889 bits per heavy atom. The molecule has 0 saturated heterocycles. The van der Waals surface area contributed by atoms with E-state index in [4.69, 9.17) is 4.74 Å². The quantitative estimate of drug-likeness (QED) is 0.0943. The highest BCUT2D eigenvalue weighted by atomic mass is 32.1. The van der Waals surface area contributed by atoms with Crippen molar-refractivity contribution >= 4 is 17.1 Å². The van der Waals surface area contributed by atoms with Crippen LogP contribution in [0.3, 0.4) is 0 Å². The third kappa shape index (κ3) is 13.7. The Balaban J connectivity index is 1.33. The van der Waals surface area contributed by atoms with E-state index in [1.165, 1.54) is 10.1 Å². The molecule has 0 aliphatic carbocycles. The van der Waals surface area contributed by atoms with E-state index in [9.17, 15) is 14.7 Å². The number of benzene rings is 1. The Morgan fingerprint density at radius 3 is 2.20 bits per heavy atom. The number of ether oxygens (including phenoxy) is 1. The normalized spacial score (nSPS) is 12.0. The smallest absolute Gasteiger partial charge is 0.310 e. The lowest BCUT2D eigenvalue weighted by Gasteiger charge is -2.08. The summed E-state index contributed by atoms with van der Waals surface area (Å²) in [5.41, 5.74) is 3.17. The summed E-state index contributed by atoms with van der Waals surface area (Å²) in [6.07, 6.45) is 28.4. The van der Waals surface area contributed by atoms with Crippen molar-refractivity contribution in [2.45, 2.75) is 91.0 Å². The molecule has 45 heavy (non-hydrogen) atoms. The number of thiazole rings is 1. The zero-order chi connectivity index (χ0) is 32.1. The molecule has 0 aliphatic rings. The number of hydrogen-bond donors (Lipinski definition) is 1. The van der Waals surface area contributed by atoms with Crippen molar-refractivity contribution in [3.05, 3.63) is 123 Å². The zero-order valence-corrected chi connectivity index (χ0v) is 27.6. The van der Waals surface area contributed by atoms with Crippen molar-refractivity contribution in [2.24, 2.45) is 0 Å². The second kappa shape index (κ2) is 20.9. The molecule has 3 rings (SSSR count). The number of rotatable bonds is 21. The number of nitrogens with zero attached hydrogens (tertiary/aromatic N) is 2. The van der Waals surface area contributed by atoms with Gasteiger partial charge in [-0.1, -0.05) is 92.0 Å². The predicted molar refractivity (Wildman–Crippen MR) is 186 cm³/mol. The fraction of sp³-hybridized carbons (Fsp3) is 0.395. The molecule has 0 bridgehead atoms. The van der Waals surface area contributed by atoms with Gasteiger partial charge in [0.15, 0.2) is 5.78 Å². The molecule has 0 unspecified atom stereocenters. The van der Waals surface area contributed by atoms with Crippen LogP contribution in [0.1, 0.15) is 86.9 Å². The summed E-state index contributed by atoms with van der Waals surface area (Å²) in [6, 6.07) is 11.8. The topological polar surface area (TPSA) is 81.4 Å². The molecule has 0 spiro atoms. The predicted octanol–water partition coefficient (Wildman–Crippen LogP) is 8.72. The second-order valence-electron chi connectivity index (χ2n) is 10.9. The lowest BCUT2D eigenvalue weighted by atomic mass is 10.1. The van der Waals surface area contributed by atoms with Crippen molar-refractivity contribution in [3.63, 3.8) is 0 Å². The number of allylic oxidation sites excluding steroid dienone is 8. The Kier molecular flexibility index (Phi) is 16.5. The summed E-state index contributed by atoms with van der Waals surface area (Å²) in [7, 11) is 0. The molecule has 0 amide bonds. The maximum atomic E-state index is 12.5. The third-order valence-corrected chi connectivity index (χ3v) is 8.24. The number of hydrogen-bond acceptors (Lipinski definition) is 6. The Morgan fingerprint density at radius 2 is 1.56 bits per heavy atom. The zero-order valence-electron chi connectivity index (χ0n) is 26.8. The molecule has 3 aromatic rings. The Labute approximate surface area is 272 Å². The summed E-state index contributed by atoms with van der Waals surface area (Å²) < 4.78 is 7.07. The van der Waals surface area contributed by atoms with Gasteiger partial charge in [-0.05, 0) is 80.7 Å². The summed E-state index contributed by atoms with van der Waals surface area (Å²) in [4.78, 5) is 29.8. The van der Waals surface area contributed by atoms with Crippen LogP contribution in [0.4, 0.5) is 0 Å². The second-order valence-corrected chi connectivity index (χ2v) is 12.0. The van der Waals surface area contributed by atoms with Crippen molar-refractivity contribution in [1.29, 1.82) is 0 Å². The molecule has 240 valence electrons. The highest BCUT2D eigenvalue weighted by Crippen LogP contribution is 2.25. The highest BCUT2D eigenvalue weighted by Gasteiger charge is 2.17. The maximum absolute atomic E-state index is 12.5. The largest absolute Gasteiger partial charge is 0.494 e. The molecule has 0 atom stereocenters. The first-order chi connectivity index (χ1) is 22.0. The van der Waals surface area contributed by atoms with E-state index in [1.54, 1.807) is 0 Å². The van der Waals surface area contributed by atoms with Crippen molar-refractivity contribution in [3.8, 4) is 11.6 Å². The average molecular weight is 629 g/mol. The molecule has 0 fully saturated rings. The minimum atomic E-state index is -0.309. The summed E-state index contributed by atoms with van der Waals surface area (Å²) in [5, 5.41) is 10.7. The lowest BCUT2D eigenvalue weighted by molar-refractivity contribution is -0.119. The molecule has 0 aliphatic heterocycles. The number of carbonyl (C=O) groups is 1. The van der Waals surface area contributed by atoms with Crippen LogP contribution in [0, 0.1) is 0 Å². The van der Waals surface area contributed by atoms with Crippen LogP contribution in [0.25, 0.3) is 0 Å².